The molecule has 0 saturated carbocycles. The molecule has 0 aliphatic rings. The second-order valence-corrected chi connectivity index (χ2v) is 3.97. The predicted molar refractivity (Wildman–Crippen MR) is 57.1 cm³/mol. The van der Waals surface area contributed by atoms with E-state index < -0.39 is 0 Å². The second-order valence-electron chi connectivity index (χ2n) is 3.97. The van der Waals surface area contributed by atoms with Crippen LogP contribution in [0.1, 0.15) is 25.8 Å². The number of anilines is 1. The quantitative estimate of drug-likeness (QED) is 0.787. The molecule has 0 bridgehead atoms. The van der Waals surface area contributed by atoms with Gasteiger partial charge in [-0.25, -0.2) is 4.79 Å². The molecular weight excluding hydrogens is 178 g/mol. The highest BCUT2D eigenvalue weighted by atomic mass is 16.1. The van der Waals surface area contributed by atoms with Gasteiger partial charge in [-0.3, -0.25) is 4.57 Å². The molecule has 0 spiro atoms. The molecule has 4 heteroatoms. The minimum absolute atomic E-state index is 0.256. The molecule has 14 heavy (non-hydrogen) atoms. The van der Waals surface area contributed by atoms with Crippen LogP contribution in [0.2, 0.25) is 0 Å². The first-order valence-corrected chi connectivity index (χ1v) is 4.84. The molecule has 1 aromatic heterocycles. The summed E-state index contributed by atoms with van der Waals surface area (Å²) in [4.78, 5) is 15.1. The monoisotopic (exact) mass is 195 g/mol. The minimum Gasteiger partial charge on any atom is -0.383 e. The Morgan fingerprint density at radius 1 is 1.57 bits per heavy atom. The number of nitrogens with zero attached hydrogens (tertiary/aromatic N) is 2. The Morgan fingerprint density at radius 3 is 2.79 bits per heavy atom. The fourth-order valence-corrected chi connectivity index (χ4v) is 1.17. The van der Waals surface area contributed by atoms with E-state index in [1.807, 2.05) is 6.92 Å². The van der Waals surface area contributed by atoms with E-state index in [2.05, 4.69) is 18.8 Å². The first-order chi connectivity index (χ1) is 6.50. The third-order valence-corrected chi connectivity index (χ3v) is 2.16. The van der Waals surface area contributed by atoms with Crippen molar-refractivity contribution in [2.45, 2.75) is 33.7 Å². The number of hydrogen-bond acceptors (Lipinski definition) is 3. The number of rotatable bonds is 3. The van der Waals surface area contributed by atoms with Crippen LogP contribution in [0.15, 0.2) is 11.0 Å². The number of aryl methyl sites for hydroxylation is 2. The zero-order valence-electron chi connectivity index (χ0n) is 8.95. The molecule has 0 aromatic carbocycles. The van der Waals surface area contributed by atoms with Crippen molar-refractivity contribution in [1.82, 2.24) is 9.55 Å². The Hall–Kier alpha value is -1.32. The van der Waals surface area contributed by atoms with Crippen molar-refractivity contribution in [1.29, 1.82) is 0 Å². The molecule has 4 nitrogen and oxygen atoms in total. The van der Waals surface area contributed by atoms with Crippen molar-refractivity contribution < 1.29 is 0 Å². The van der Waals surface area contributed by atoms with E-state index >= 15 is 0 Å². The van der Waals surface area contributed by atoms with Crippen molar-refractivity contribution in [3.63, 3.8) is 0 Å². The van der Waals surface area contributed by atoms with Gasteiger partial charge in [-0.2, -0.15) is 4.98 Å². The Balaban J connectivity index is 2.88. The summed E-state index contributed by atoms with van der Waals surface area (Å²) in [7, 11) is 0. The molecule has 0 radical (unpaired) electrons. The normalized spacial score (nSPS) is 10.9. The van der Waals surface area contributed by atoms with Crippen LogP contribution in [-0.4, -0.2) is 9.55 Å². The molecule has 0 saturated heterocycles. The molecule has 0 aliphatic heterocycles. The molecule has 0 aliphatic carbocycles. The highest BCUT2D eigenvalue weighted by Crippen LogP contribution is 2.04. The Bertz CT molecular complexity index is 368. The van der Waals surface area contributed by atoms with Gasteiger partial charge in [-0.15, -0.1) is 0 Å². The molecule has 0 atom stereocenters. The SMILES string of the molecule is Cc1cn(CCC(C)C)c(=O)nc1N. The van der Waals surface area contributed by atoms with Gasteiger partial charge in [0.1, 0.15) is 5.82 Å². The maximum atomic E-state index is 11.4. The van der Waals surface area contributed by atoms with E-state index in [9.17, 15) is 4.79 Å². The summed E-state index contributed by atoms with van der Waals surface area (Å²) in [5, 5.41) is 0. The van der Waals surface area contributed by atoms with Gasteiger partial charge in [0.2, 0.25) is 0 Å². The van der Waals surface area contributed by atoms with Crippen molar-refractivity contribution in [2.24, 2.45) is 5.92 Å². The number of nitrogen functional groups attached to an aromatic ring is 1. The van der Waals surface area contributed by atoms with Crippen LogP contribution >= 0.6 is 0 Å². The van der Waals surface area contributed by atoms with Crippen molar-refractivity contribution in [3.8, 4) is 0 Å². The van der Waals surface area contributed by atoms with Gasteiger partial charge in [0.25, 0.3) is 0 Å². The van der Waals surface area contributed by atoms with E-state index in [0.717, 1.165) is 12.0 Å². The zero-order valence-corrected chi connectivity index (χ0v) is 8.95. The summed E-state index contributed by atoms with van der Waals surface area (Å²) in [5.74, 6) is 0.913. The summed E-state index contributed by atoms with van der Waals surface area (Å²) < 4.78 is 1.62. The van der Waals surface area contributed by atoms with Crippen LogP contribution in [0, 0.1) is 12.8 Å². The number of aromatic nitrogens is 2. The Labute approximate surface area is 83.8 Å². The van der Waals surface area contributed by atoms with Gasteiger partial charge in [0.05, 0.1) is 0 Å². The molecule has 0 unspecified atom stereocenters. The van der Waals surface area contributed by atoms with Gasteiger partial charge in [-0.05, 0) is 19.3 Å². The smallest absolute Gasteiger partial charge is 0.349 e. The zero-order chi connectivity index (χ0) is 10.7. The third kappa shape index (κ3) is 2.58. The van der Waals surface area contributed by atoms with Gasteiger partial charge < -0.3 is 5.73 Å². The lowest BCUT2D eigenvalue weighted by Gasteiger charge is -2.08. The van der Waals surface area contributed by atoms with Gasteiger partial charge in [-0.1, -0.05) is 13.8 Å². The predicted octanol–water partition coefficient (Wildman–Crippen LogP) is 1.18. The largest absolute Gasteiger partial charge is 0.383 e. The lowest BCUT2D eigenvalue weighted by Crippen LogP contribution is -2.24. The Kier molecular flexibility index (Phi) is 3.28. The van der Waals surface area contributed by atoms with Crippen LogP contribution in [0.4, 0.5) is 5.82 Å². The summed E-state index contributed by atoms with van der Waals surface area (Å²) >= 11 is 0. The summed E-state index contributed by atoms with van der Waals surface area (Å²) in [6.45, 7) is 6.82. The molecule has 0 fully saturated rings. The first kappa shape index (κ1) is 10.8. The average molecular weight is 195 g/mol. The fourth-order valence-electron chi connectivity index (χ4n) is 1.17. The second kappa shape index (κ2) is 4.26. The van der Waals surface area contributed by atoms with E-state index in [0.29, 0.717) is 18.3 Å². The molecule has 78 valence electrons. The molecule has 1 aromatic rings. The van der Waals surface area contributed by atoms with Crippen molar-refractivity contribution in [2.75, 3.05) is 5.73 Å². The molecule has 0 amide bonds. The lowest BCUT2D eigenvalue weighted by atomic mass is 10.1. The number of nitrogens with two attached hydrogens (primary N) is 1. The Morgan fingerprint density at radius 2 is 2.21 bits per heavy atom. The fraction of sp³-hybridized carbons (Fsp3) is 0.600. The van der Waals surface area contributed by atoms with Crippen LogP contribution in [0.5, 0.6) is 0 Å². The number of hydrogen-bond donors (Lipinski definition) is 1. The highest BCUT2D eigenvalue weighted by molar-refractivity contribution is 5.34. The summed E-state index contributed by atoms with van der Waals surface area (Å²) in [5.41, 5.74) is 6.12. The maximum absolute atomic E-state index is 11.4. The summed E-state index contributed by atoms with van der Waals surface area (Å²) in [6.07, 6.45) is 2.75. The van der Waals surface area contributed by atoms with Crippen molar-refractivity contribution >= 4 is 5.82 Å². The van der Waals surface area contributed by atoms with Crippen LogP contribution in [-0.2, 0) is 6.54 Å². The molecule has 2 N–H and O–H groups in total. The maximum Gasteiger partial charge on any atom is 0.349 e. The highest BCUT2D eigenvalue weighted by Gasteiger charge is 2.02. The van der Waals surface area contributed by atoms with Gasteiger partial charge in [0, 0.05) is 18.3 Å². The standard InChI is InChI=1S/C10H17N3O/c1-7(2)4-5-13-6-8(3)9(11)12-10(13)14/h6-7H,4-5H2,1-3H3,(H2,11,12,14). The lowest BCUT2D eigenvalue weighted by molar-refractivity contribution is 0.502. The van der Waals surface area contributed by atoms with Gasteiger partial charge in [0.15, 0.2) is 0 Å². The molecule has 1 heterocycles. The van der Waals surface area contributed by atoms with Crippen LogP contribution in [0.25, 0.3) is 0 Å². The van der Waals surface area contributed by atoms with Crippen LogP contribution in [0.3, 0.4) is 0 Å². The van der Waals surface area contributed by atoms with E-state index in [-0.39, 0.29) is 5.69 Å². The third-order valence-electron chi connectivity index (χ3n) is 2.16. The summed E-state index contributed by atoms with van der Waals surface area (Å²) in [6, 6.07) is 0. The van der Waals surface area contributed by atoms with E-state index in [1.54, 1.807) is 10.8 Å². The topological polar surface area (TPSA) is 60.9 Å². The molecule has 1 rings (SSSR count). The average Bonchev–Trinajstić information content (AvgIpc) is 2.09. The first-order valence-electron chi connectivity index (χ1n) is 4.84. The van der Waals surface area contributed by atoms with Gasteiger partial charge >= 0.3 is 5.69 Å². The van der Waals surface area contributed by atoms with Crippen molar-refractivity contribution in [3.05, 3.63) is 22.2 Å². The molecular formula is C10H17N3O. The van der Waals surface area contributed by atoms with E-state index in [4.69, 9.17) is 5.73 Å². The minimum atomic E-state index is -0.256. The van der Waals surface area contributed by atoms with E-state index in [1.165, 1.54) is 0 Å². The van der Waals surface area contributed by atoms with Crippen LogP contribution < -0.4 is 11.4 Å².